The number of ether oxygens (including phenoxy) is 3. The summed E-state index contributed by atoms with van der Waals surface area (Å²) in [6, 6.07) is 29.6. The summed E-state index contributed by atoms with van der Waals surface area (Å²) in [5.74, 6) is 1.17. The van der Waals surface area contributed by atoms with Gasteiger partial charge in [0.1, 0.15) is 24.5 Å². The molecule has 9 heteroatoms. The molecule has 0 aliphatic carbocycles. The molecular weight excluding hydrogens is 592 g/mol. The van der Waals surface area contributed by atoms with E-state index in [2.05, 4.69) is 12.1 Å². The van der Waals surface area contributed by atoms with E-state index in [0.29, 0.717) is 49.7 Å². The number of aryl methyl sites for hydroxylation is 1. The highest BCUT2D eigenvalue weighted by Crippen LogP contribution is 2.30. The summed E-state index contributed by atoms with van der Waals surface area (Å²) in [4.78, 5) is 32.8. The molecule has 47 heavy (non-hydrogen) atoms. The summed E-state index contributed by atoms with van der Waals surface area (Å²) in [6.45, 7) is 7.68. The van der Waals surface area contributed by atoms with Crippen molar-refractivity contribution in [3.8, 4) is 17.4 Å². The van der Waals surface area contributed by atoms with Gasteiger partial charge in [-0.3, -0.25) is 9.13 Å². The first-order valence-electron chi connectivity index (χ1n) is 16.2. The smallest absolute Gasteiger partial charge is 0.410 e. The lowest BCUT2D eigenvalue weighted by molar-refractivity contribution is 0.0184. The van der Waals surface area contributed by atoms with Crippen LogP contribution in [0.15, 0.2) is 95.8 Å². The zero-order valence-corrected chi connectivity index (χ0v) is 27.5. The maximum Gasteiger partial charge on any atom is 0.410 e. The Bertz CT molecular complexity index is 1890. The highest BCUT2D eigenvalue weighted by Gasteiger charge is 2.27. The Hall–Kier alpha value is -5.05. The molecule has 0 unspecified atom stereocenters. The van der Waals surface area contributed by atoms with Gasteiger partial charge < -0.3 is 19.1 Å². The predicted octanol–water partition coefficient (Wildman–Crippen LogP) is 7.07. The van der Waals surface area contributed by atoms with Crippen LogP contribution in [0.5, 0.6) is 11.8 Å². The van der Waals surface area contributed by atoms with Gasteiger partial charge in [0.05, 0.1) is 11.0 Å². The summed E-state index contributed by atoms with van der Waals surface area (Å²) >= 11 is 0. The Morgan fingerprint density at radius 3 is 2.09 bits per heavy atom. The van der Waals surface area contributed by atoms with Crippen LogP contribution < -0.4 is 15.2 Å². The van der Waals surface area contributed by atoms with Gasteiger partial charge in [-0.15, -0.1) is 0 Å². The molecule has 0 radical (unpaired) electrons. The number of aromatic nitrogens is 3. The molecule has 1 amide bonds. The molecule has 244 valence electrons. The number of piperidine rings is 1. The number of hydrogen-bond donors (Lipinski definition) is 0. The monoisotopic (exact) mass is 634 g/mol. The third kappa shape index (κ3) is 7.68. The predicted molar refractivity (Wildman–Crippen MR) is 182 cm³/mol. The topological polar surface area (TPSA) is 87.8 Å². The van der Waals surface area contributed by atoms with Crippen molar-refractivity contribution in [2.45, 2.75) is 58.8 Å². The largest absolute Gasteiger partial charge is 0.473 e. The number of rotatable bonds is 9. The number of pyridine rings is 1. The van der Waals surface area contributed by atoms with Gasteiger partial charge in [-0.1, -0.05) is 66.7 Å². The number of benzene rings is 3. The Balaban J connectivity index is 1.24. The third-order valence-corrected chi connectivity index (χ3v) is 8.41. The fourth-order valence-electron chi connectivity index (χ4n) is 5.95. The van der Waals surface area contributed by atoms with Crippen LogP contribution >= 0.6 is 0 Å². The van der Waals surface area contributed by atoms with Gasteiger partial charge in [0.15, 0.2) is 0 Å². The lowest BCUT2D eigenvalue weighted by atomic mass is 9.90. The minimum atomic E-state index is -0.501. The number of likely N-dealkylation sites (tertiary alicyclic amines) is 1. The van der Waals surface area contributed by atoms with Gasteiger partial charge >= 0.3 is 11.8 Å². The number of nitrogens with zero attached hydrogens (tertiary/aromatic N) is 4. The zero-order valence-electron chi connectivity index (χ0n) is 27.5. The molecule has 0 spiro atoms. The molecule has 1 aliphatic rings. The van der Waals surface area contributed by atoms with Crippen molar-refractivity contribution >= 4 is 17.1 Å². The molecule has 0 bridgehead atoms. The van der Waals surface area contributed by atoms with Crippen LogP contribution in [0.4, 0.5) is 4.79 Å². The van der Waals surface area contributed by atoms with Crippen molar-refractivity contribution in [1.82, 2.24) is 19.0 Å². The van der Waals surface area contributed by atoms with E-state index in [1.807, 2.05) is 93.6 Å². The molecular formula is C38H42N4O5. The molecule has 6 rings (SSSR count). The minimum Gasteiger partial charge on any atom is -0.473 e. The van der Waals surface area contributed by atoms with Crippen molar-refractivity contribution < 1.29 is 19.0 Å². The summed E-state index contributed by atoms with van der Waals surface area (Å²) in [6.07, 6.45) is 2.44. The average Bonchev–Trinajstić information content (AvgIpc) is 3.31. The van der Waals surface area contributed by atoms with Crippen molar-refractivity contribution in [2.24, 2.45) is 13.0 Å². The van der Waals surface area contributed by atoms with Crippen LogP contribution in [0.3, 0.4) is 0 Å². The lowest BCUT2D eigenvalue weighted by Crippen LogP contribution is -2.42. The maximum absolute atomic E-state index is 13.8. The molecule has 0 N–H and O–H groups in total. The Morgan fingerprint density at radius 2 is 1.45 bits per heavy atom. The summed E-state index contributed by atoms with van der Waals surface area (Å²) in [7, 11) is 1.79. The van der Waals surface area contributed by atoms with Crippen molar-refractivity contribution in [2.75, 3.05) is 13.1 Å². The minimum absolute atomic E-state index is 0.188. The summed E-state index contributed by atoms with van der Waals surface area (Å²) in [5.41, 5.74) is 4.63. The fraction of sp³-hybridized carbons (Fsp3) is 0.342. The van der Waals surface area contributed by atoms with Gasteiger partial charge in [0, 0.05) is 26.2 Å². The molecule has 5 aromatic rings. The number of hydrogen-bond acceptors (Lipinski definition) is 6. The normalized spacial score (nSPS) is 13.9. The van der Waals surface area contributed by atoms with Crippen LogP contribution in [0.1, 0.15) is 50.3 Å². The van der Waals surface area contributed by atoms with Crippen LogP contribution in [-0.2, 0) is 31.4 Å². The van der Waals surface area contributed by atoms with Crippen LogP contribution in [-0.4, -0.2) is 43.8 Å². The van der Waals surface area contributed by atoms with Gasteiger partial charge in [0.2, 0.25) is 11.8 Å². The number of fused-ring (bicyclic) bond motifs is 1. The van der Waals surface area contributed by atoms with Gasteiger partial charge in [-0.25, -0.2) is 9.59 Å². The number of carbonyl (C=O) groups is 1. The number of imidazole rings is 1. The van der Waals surface area contributed by atoms with E-state index in [1.54, 1.807) is 27.1 Å². The Labute approximate surface area is 275 Å². The quantitative estimate of drug-likeness (QED) is 0.172. The van der Waals surface area contributed by atoms with E-state index >= 15 is 0 Å². The molecule has 2 aromatic heterocycles. The second-order valence-electron chi connectivity index (χ2n) is 13.1. The van der Waals surface area contributed by atoms with Crippen molar-refractivity contribution in [3.05, 3.63) is 118 Å². The Kier molecular flexibility index (Phi) is 9.33. The van der Waals surface area contributed by atoms with Gasteiger partial charge in [0.25, 0.3) is 0 Å². The van der Waals surface area contributed by atoms with E-state index in [4.69, 9.17) is 19.2 Å². The van der Waals surface area contributed by atoms with Gasteiger partial charge in [-0.2, -0.15) is 4.98 Å². The van der Waals surface area contributed by atoms with Crippen molar-refractivity contribution in [3.63, 3.8) is 0 Å². The van der Waals surface area contributed by atoms with E-state index in [1.165, 1.54) is 0 Å². The van der Waals surface area contributed by atoms with Crippen LogP contribution in [0.2, 0.25) is 0 Å². The molecule has 9 nitrogen and oxygen atoms in total. The SMILES string of the molecule is Cn1c(=O)n(-c2ccc(OCc3ccccc3)nc2OCc2ccccc2)c2ccc(CC3CCN(C(=O)OC(C)(C)C)CC3)cc21. The van der Waals surface area contributed by atoms with E-state index in [-0.39, 0.29) is 11.8 Å². The standard InChI is InChI=1S/C38H42N4O5/c1-38(2,3)47-37(44)41-21-19-27(20-22-41)23-30-15-16-31-33(24-30)40(4)36(43)42(31)32-17-18-34(45-25-28-11-7-5-8-12-28)39-35(32)46-26-29-13-9-6-10-14-29/h5-18,24,27H,19-23,25-26H2,1-4H3. The summed E-state index contributed by atoms with van der Waals surface area (Å²) in [5, 5.41) is 0. The van der Waals surface area contributed by atoms with E-state index in [9.17, 15) is 9.59 Å². The first kappa shape index (κ1) is 31.9. The highest BCUT2D eigenvalue weighted by molar-refractivity contribution is 5.79. The fourth-order valence-corrected chi connectivity index (χ4v) is 5.95. The average molecular weight is 635 g/mol. The molecule has 1 fully saturated rings. The molecule has 0 atom stereocenters. The maximum atomic E-state index is 13.8. The highest BCUT2D eigenvalue weighted by atomic mass is 16.6. The molecule has 0 saturated carbocycles. The van der Waals surface area contributed by atoms with Gasteiger partial charge in [-0.05, 0) is 80.8 Å². The first-order valence-corrected chi connectivity index (χ1v) is 16.2. The van der Waals surface area contributed by atoms with Crippen molar-refractivity contribution in [1.29, 1.82) is 0 Å². The molecule has 1 saturated heterocycles. The summed E-state index contributed by atoms with van der Waals surface area (Å²) < 4.78 is 21.2. The second kappa shape index (κ2) is 13.7. The van der Waals surface area contributed by atoms with E-state index in [0.717, 1.165) is 47.0 Å². The molecule has 3 heterocycles. The van der Waals surface area contributed by atoms with E-state index < -0.39 is 5.60 Å². The second-order valence-corrected chi connectivity index (χ2v) is 13.1. The first-order chi connectivity index (χ1) is 22.6. The Morgan fingerprint density at radius 1 is 0.809 bits per heavy atom. The number of amides is 1. The number of carbonyl (C=O) groups excluding carboxylic acids is 1. The molecule has 1 aliphatic heterocycles. The lowest BCUT2D eigenvalue weighted by Gasteiger charge is -2.33. The zero-order chi connectivity index (χ0) is 33.0. The molecule has 3 aromatic carbocycles. The van der Waals surface area contributed by atoms with Crippen LogP contribution in [0, 0.1) is 5.92 Å². The third-order valence-electron chi connectivity index (χ3n) is 8.41. The van der Waals surface area contributed by atoms with Crippen LogP contribution in [0.25, 0.3) is 16.7 Å².